The lowest BCUT2D eigenvalue weighted by Gasteiger charge is -2.03. The molecule has 0 aliphatic heterocycles. The fourth-order valence-electron chi connectivity index (χ4n) is 0.321. The van der Waals surface area contributed by atoms with E-state index in [2.05, 4.69) is 0 Å². The molecule has 0 amide bonds. The van der Waals surface area contributed by atoms with Crippen LogP contribution in [0.25, 0.3) is 0 Å². The van der Waals surface area contributed by atoms with E-state index in [-0.39, 0.29) is 0 Å². The Kier molecular flexibility index (Phi) is 3.14. The highest BCUT2D eigenvalue weighted by molar-refractivity contribution is 5.72. The molecule has 8 heavy (non-hydrogen) atoms. The van der Waals surface area contributed by atoms with E-state index in [4.69, 9.17) is 10.3 Å². The van der Waals surface area contributed by atoms with Crippen molar-refractivity contribution in [3.63, 3.8) is 0 Å². The smallest absolute Gasteiger partial charge is 0.323 e. The summed E-state index contributed by atoms with van der Waals surface area (Å²) in [6, 6.07) is -0.824. The predicted octanol–water partition coefficient (Wildman–Crippen LogP) is -0.172. The van der Waals surface area contributed by atoms with Crippen LogP contribution in [0.15, 0.2) is 0 Å². The fraction of sp³-hybridized carbons (Fsp3) is 0.750. The molecule has 0 bridgehead atoms. The Morgan fingerprint density at radius 3 is 2.38 bits per heavy atom. The van der Waals surface area contributed by atoms with Gasteiger partial charge in [0.05, 0.1) is 0 Å². The molecule has 0 aromatic carbocycles. The zero-order valence-electron chi connectivity index (χ0n) is 4.59. The summed E-state index contributed by atoms with van der Waals surface area (Å²) in [5, 5.41) is 16.2. The number of carboxylic acids is 1. The molecule has 0 radical (unpaired) electrons. The maximum absolute atomic E-state index is 9.94. The number of hydrogen-bond donors (Lipinski definition) is 3. The summed E-state index contributed by atoms with van der Waals surface area (Å²) in [7, 11) is 0. The number of aliphatic carboxylic acids is 1. The van der Waals surface area contributed by atoms with Gasteiger partial charge in [-0.15, -0.1) is 0 Å². The van der Waals surface area contributed by atoms with E-state index in [1.165, 1.54) is 0 Å². The quantitative estimate of drug-likeness (QED) is 0.451. The Balaban J connectivity index is 3.52. The number of carbonyl (C=O) groups is 1. The molecule has 0 aromatic heterocycles. The maximum Gasteiger partial charge on any atom is 0.323 e. The number of rotatable bonds is 3. The van der Waals surface area contributed by atoms with Crippen molar-refractivity contribution < 1.29 is 15.1 Å². The first-order valence-electron chi connectivity index (χ1n) is 2.34. The first-order chi connectivity index (χ1) is 3.72. The van der Waals surface area contributed by atoms with Crippen LogP contribution >= 0.6 is 0 Å². The lowest BCUT2D eigenvalue weighted by atomic mass is 10.2. The average Bonchev–Trinajstić information content (AvgIpc) is 1.69. The second-order valence-electron chi connectivity index (χ2n) is 1.43. The molecule has 0 saturated heterocycles. The van der Waals surface area contributed by atoms with Crippen molar-refractivity contribution in [3.8, 4) is 0 Å². The second-order valence-corrected chi connectivity index (χ2v) is 1.43. The molecule has 4 nitrogen and oxygen atoms in total. The third-order valence-electron chi connectivity index (χ3n) is 0.862. The van der Waals surface area contributed by atoms with Crippen LogP contribution in [0.4, 0.5) is 0 Å². The summed E-state index contributed by atoms with van der Waals surface area (Å²) in [6.45, 7) is 1.67. The van der Waals surface area contributed by atoms with Crippen LogP contribution in [-0.2, 0) is 4.79 Å². The number of hydroxylamine groups is 1. The molecular formula is C4H9NO3. The standard InChI is InChI=1S/C4H9NO3/c1-2-3(5-8)4(6)7/h3,5,8H,2H2,1H3,(H,6,7). The molecule has 0 aromatic rings. The van der Waals surface area contributed by atoms with E-state index in [0.717, 1.165) is 0 Å². The van der Waals surface area contributed by atoms with Crippen molar-refractivity contribution in [2.75, 3.05) is 0 Å². The summed E-state index contributed by atoms with van der Waals surface area (Å²) in [5.41, 5.74) is 1.65. The van der Waals surface area contributed by atoms with Crippen LogP contribution < -0.4 is 5.48 Å². The zero-order chi connectivity index (χ0) is 6.57. The third kappa shape index (κ3) is 1.90. The monoisotopic (exact) mass is 119 g/mol. The van der Waals surface area contributed by atoms with Crippen LogP contribution in [0.3, 0.4) is 0 Å². The maximum atomic E-state index is 9.94. The van der Waals surface area contributed by atoms with Crippen LogP contribution in [0.2, 0.25) is 0 Å². The number of hydrogen-bond acceptors (Lipinski definition) is 3. The van der Waals surface area contributed by atoms with Crippen molar-refractivity contribution >= 4 is 5.97 Å². The Hall–Kier alpha value is -0.610. The molecule has 1 atom stereocenters. The van der Waals surface area contributed by atoms with E-state index in [1.807, 2.05) is 0 Å². The topological polar surface area (TPSA) is 69.6 Å². The summed E-state index contributed by atoms with van der Waals surface area (Å²) < 4.78 is 0. The summed E-state index contributed by atoms with van der Waals surface area (Å²) in [5.74, 6) is -1.03. The van der Waals surface area contributed by atoms with Gasteiger partial charge >= 0.3 is 5.97 Å². The number of nitrogens with one attached hydrogen (secondary N) is 1. The van der Waals surface area contributed by atoms with Gasteiger partial charge in [0.2, 0.25) is 0 Å². The highest BCUT2D eigenvalue weighted by Gasteiger charge is 2.11. The van der Waals surface area contributed by atoms with Gasteiger partial charge in [-0.25, -0.2) is 0 Å². The molecule has 4 heteroatoms. The SMILES string of the molecule is CCC(NO)C(=O)O. The van der Waals surface area contributed by atoms with E-state index in [0.29, 0.717) is 6.42 Å². The van der Waals surface area contributed by atoms with Crippen LogP contribution in [0, 0.1) is 0 Å². The molecule has 1 unspecified atom stereocenters. The Labute approximate surface area is 47.1 Å². The number of carboxylic acid groups (broad SMARTS) is 1. The largest absolute Gasteiger partial charge is 0.480 e. The molecule has 0 saturated carbocycles. The highest BCUT2D eigenvalue weighted by atomic mass is 16.5. The summed E-state index contributed by atoms with van der Waals surface area (Å²) >= 11 is 0. The van der Waals surface area contributed by atoms with Gasteiger partial charge in [-0.1, -0.05) is 6.92 Å². The first-order valence-corrected chi connectivity index (χ1v) is 2.34. The minimum Gasteiger partial charge on any atom is -0.480 e. The van der Waals surface area contributed by atoms with E-state index >= 15 is 0 Å². The van der Waals surface area contributed by atoms with Gasteiger partial charge in [-0.2, -0.15) is 5.48 Å². The predicted molar refractivity (Wildman–Crippen MR) is 26.6 cm³/mol. The molecule has 0 spiro atoms. The molecule has 48 valence electrons. The molecule has 0 rings (SSSR count). The minimum absolute atomic E-state index is 0.381. The normalized spacial score (nSPS) is 13.2. The van der Waals surface area contributed by atoms with Crippen LogP contribution in [0.5, 0.6) is 0 Å². The molecule has 0 aliphatic rings. The molecule has 0 heterocycles. The van der Waals surface area contributed by atoms with Gasteiger partial charge < -0.3 is 10.3 Å². The second kappa shape index (κ2) is 3.40. The van der Waals surface area contributed by atoms with Crippen molar-refractivity contribution in [2.45, 2.75) is 19.4 Å². The van der Waals surface area contributed by atoms with Crippen LogP contribution in [-0.4, -0.2) is 22.3 Å². The first kappa shape index (κ1) is 7.39. The third-order valence-corrected chi connectivity index (χ3v) is 0.862. The average molecular weight is 119 g/mol. The van der Waals surface area contributed by atoms with E-state index in [1.54, 1.807) is 12.4 Å². The molecule has 3 N–H and O–H groups in total. The lowest BCUT2D eigenvalue weighted by Crippen LogP contribution is -2.33. The van der Waals surface area contributed by atoms with Crippen LogP contribution in [0.1, 0.15) is 13.3 Å². The Bertz CT molecular complexity index is 79.4. The van der Waals surface area contributed by atoms with E-state index in [9.17, 15) is 4.79 Å². The fourth-order valence-corrected chi connectivity index (χ4v) is 0.321. The van der Waals surface area contributed by atoms with Gasteiger partial charge in [0.1, 0.15) is 6.04 Å². The van der Waals surface area contributed by atoms with Crippen molar-refractivity contribution in [1.82, 2.24) is 5.48 Å². The lowest BCUT2D eigenvalue weighted by molar-refractivity contribution is -0.142. The zero-order valence-corrected chi connectivity index (χ0v) is 4.59. The highest BCUT2D eigenvalue weighted by Crippen LogP contribution is 1.86. The molecular weight excluding hydrogens is 110 g/mol. The van der Waals surface area contributed by atoms with Gasteiger partial charge in [-0.05, 0) is 6.42 Å². The Morgan fingerprint density at radius 1 is 1.88 bits per heavy atom. The van der Waals surface area contributed by atoms with E-state index < -0.39 is 12.0 Å². The van der Waals surface area contributed by atoms with Gasteiger partial charge in [0.25, 0.3) is 0 Å². The Morgan fingerprint density at radius 2 is 2.38 bits per heavy atom. The van der Waals surface area contributed by atoms with Crippen molar-refractivity contribution in [2.24, 2.45) is 0 Å². The summed E-state index contributed by atoms with van der Waals surface area (Å²) in [6.07, 6.45) is 0.381. The molecule has 0 fully saturated rings. The molecule has 0 aliphatic carbocycles. The van der Waals surface area contributed by atoms with Crippen molar-refractivity contribution in [3.05, 3.63) is 0 Å². The summed E-state index contributed by atoms with van der Waals surface area (Å²) in [4.78, 5) is 9.94. The van der Waals surface area contributed by atoms with Gasteiger partial charge in [0, 0.05) is 0 Å². The van der Waals surface area contributed by atoms with Gasteiger partial charge in [0.15, 0.2) is 0 Å². The van der Waals surface area contributed by atoms with Crippen molar-refractivity contribution in [1.29, 1.82) is 0 Å². The minimum atomic E-state index is -1.03. The van der Waals surface area contributed by atoms with Gasteiger partial charge in [-0.3, -0.25) is 4.79 Å².